The predicted octanol–water partition coefficient (Wildman–Crippen LogP) is 2.66. The third-order valence-electron chi connectivity index (χ3n) is 4.16. The molecule has 24 heavy (non-hydrogen) atoms. The Morgan fingerprint density at radius 2 is 1.96 bits per heavy atom. The smallest absolute Gasteiger partial charge is 0.378 e. The molecule has 0 bridgehead atoms. The van der Waals surface area contributed by atoms with E-state index in [9.17, 15) is 18.0 Å². The highest BCUT2D eigenvalue weighted by Gasteiger charge is 2.32. The monoisotopic (exact) mass is 344 g/mol. The number of carbonyl (C=O) groups is 1. The molecule has 8 heteroatoms. The number of ether oxygens (including phenoxy) is 2. The van der Waals surface area contributed by atoms with Crippen molar-refractivity contribution < 1.29 is 27.4 Å². The van der Waals surface area contributed by atoms with Crippen LogP contribution in [0.4, 0.5) is 24.5 Å². The Kier molecular flexibility index (Phi) is 4.96. The van der Waals surface area contributed by atoms with Crippen LogP contribution in [0.1, 0.15) is 18.4 Å². The molecule has 5 nitrogen and oxygen atoms in total. The van der Waals surface area contributed by atoms with Crippen LogP contribution in [-0.4, -0.2) is 44.9 Å². The summed E-state index contributed by atoms with van der Waals surface area (Å²) in [7, 11) is 0. The third-order valence-corrected chi connectivity index (χ3v) is 4.16. The van der Waals surface area contributed by atoms with E-state index in [1.807, 2.05) is 4.90 Å². The van der Waals surface area contributed by atoms with Gasteiger partial charge < -0.3 is 19.7 Å². The number of amides is 1. The maximum atomic E-state index is 13.0. The zero-order chi connectivity index (χ0) is 17.2. The Balaban J connectivity index is 1.87. The number of nitrogens with zero attached hydrogens (tertiary/aromatic N) is 1. The summed E-state index contributed by atoms with van der Waals surface area (Å²) in [6.45, 7) is 2.62. The van der Waals surface area contributed by atoms with Gasteiger partial charge in [0.1, 0.15) is 6.10 Å². The van der Waals surface area contributed by atoms with E-state index in [0.29, 0.717) is 45.0 Å². The number of hydrogen-bond donors (Lipinski definition) is 1. The Morgan fingerprint density at radius 3 is 2.58 bits per heavy atom. The number of nitrogens with one attached hydrogen (secondary N) is 1. The van der Waals surface area contributed by atoms with Crippen molar-refractivity contribution >= 4 is 17.3 Å². The molecule has 1 atom stereocenters. The van der Waals surface area contributed by atoms with Gasteiger partial charge >= 0.3 is 6.18 Å². The second-order valence-electron chi connectivity index (χ2n) is 5.82. The maximum absolute atomic E-state index is 13.0. The Morgan fingerprint density at radius 1 is 1.21 bits per heavy atom. The van der Waals surface area contributed by atoms with Crippen molar-refractivity contribution in [2.75, 3.05) is 43.1 Å². The van der Waals surface area contributed by atoms with Crippen LogP contribution in [0.2, 0.25) is 0 Å². The molecule has 0 unspecified atom stereocenters. The first kappa shape index (κ1) is 17.0. The number of rotatable bonds is 3. The van der Waals surface area contributed by atoms with E-state index in [4.69, 9.17) is 9.47 Å². The van der Waals surface area contributed by atoms with Gasteiger partial charge in [-0.15, -0.1) is 0 Å². The molecule has 132 valence electrons. The summed E-state index contributed by atoms with van der Waals surface area (Å²) < 4.78 is 49.6. The van der Waals surface area contributed by atoms with Gasteiger partial charge in [0.25, 0.3) is 5.91 Å². The Hall–Kier alpha value is -1.80. The third kappa shape index (κ3) is 3.81. The normalized spacial score (nSPS) is 21.8. The number of alkyl halides is 3. The largest absolute Gasteiger partial charge is 0.416 e. The maximum Gasteiger partial charge on any atom is 0.416 e. The van der Waals surface area contributed by atoms with Gasteiger partial charge in [-0.2, -0.15) is 13.2 Å². The van der Waals surface area contributed by atoms with Crippen LogP contribution in [0.25, 0.3) is 0 Å². The number of hydrogen-bond acceptors (Lipinski definition) is 4. The fourth-order valence-corrected chi connectivity index (χ4v) is 2.89. The number of anilines is 2. The first-order valence-electron chi connectivity index (χ1n) is 7.91. The lowest BCUT2D eigenvalue weighted by Crippen LogP contribution is -2.37. The quantitative estimate of drug-likeness (QED) is 0.916. The van der Waals surface area contributed by atoms with E-state index < -0.39 is 23.8 Å². The molecule has 2 fully saturated rings. The van der Waals surface area contributed by atoms with Crippen LogP contribution >= 0.6 is 0 Å². The number of carbonyl (C=O) groups excluding carboxylic acids is 1. The molecular weight excluding hydrogens is 325 g/mol. The minimum absolute atomic E-state index is 0.159. The number of morpholine rings is 1. The standard InChI is InChI=1S/C16H19F3N2O3/c17-16(18,19)11-3-4-13(21-5-8-23-9-6-21)12(10-11)20-15(22)14-2-1-7-24-14/h3-4,10,14H,1-2,5-9H2,(H,20,22)/t14-/m0/s1. The van der Waals surface area contributed by atoms with Crippen molar-refractivity contribution in [2.45, 2.75) is 25.1 Å². The zero-order valence-electron chi connectivity index (χ0n) is 13.1. The van der Waals surface area contributed by atoms with Gasteiger partial charge in [-0.05, 0) is 31.0 Å². The average molecular weight is 344 g/mol. The summed E-state index contributed by atoms with van der Waals surface area (Å²) in [6.07, 6.45) is -3.71. The van der Waals surface area contributed by atoms with E-state index in [-0.39, 0.29) is 5.69 Å². The van der Waals surface area contributed by atoms with Crippen LogP contribution in [0.15, 0.2) is 18.2 Å². The first-order valence-corrected chi connectivity index (χ1v) is 7.91. The van der Waals surface area contributed by atoms with Gasteiger partial charge in [0.2, 0.25) is 0 Å². The lowest BCUT2D eigenvalue weighted by atomic mass is 10.1. The second kappa shape index (κ2) is 6.98. The summed E-state index contributed by atoms with van der Waals surface area (Å²) in [5.41, 5.74) is -0.0629. The van der Waals surface area contributed by atoms with Crippen LogP contribution in [0, 0.1) is 0 Å². The first-order chi connectivity index (χ1) is 11.4. The van der Waals surface area contributed by atoms with Crippen molar-refractivity contribution in [3.63, 3.8) is 0 Å². The van der Waals surface area contributed by atoms with Crippen molar-refractivity contribution in [1.29, 1.82) is 0 Å². The molecule has 0 saturated carbocycles. The lowest BCUT2D eigenvalue weighted by Gasteiger charge is -2.31. The zero-order valence-corrected chi connectivity index (χ0v) is 13.1. The molecule has 2 saturated heterocycles. The summed E-state index contributed by atoms with van der Waals surface area (Å²) >= 11 is 0. The molecule has 2 aliphatic heterocycles. The highest BCUT2D eigenvalue weighted by molar-refractivity contribution is 5.97. The molecule has 1 aromatic carbocycles. The molecule has 0 radical (unpaired) electrons. The van der Waals surface area contributed by atoms with Gasteiger partial charge in [0, 0.05) is 19.7 Å². The van der Waals surface area contributed by atoms with Crippen LogP contribution in [0.5, 0.6) is 0 Å². The van der Waals surface area contributed by atoms with Crippen molar-refractivity contribution in [1.82, 2.24) is 0 Å². The minimum atomic E-state index is -4.47. The number of halogens is 3. The molecular formula is C16H19F3N2O3. The molecule has 1 N–H and O–H groups in total. The molecule has 0 spiro atoms. The van der Waals surface area contributed by atoms with E-state index in [1.54, 1.807) is 0 Å². The molecule has 3 rings (SSSR count). The predicted molar refractivity (Wildman–Crippen MR) is 82.1 cm³/mol. The van der Waals surface area contributed by atoms with Crippen LogP contribution in [-0.2, 0) is 20.4 Å². The van der Waals surface area contributed by atoms with Gasteiger partial charge in [-0.25, -0.2) is 0 Å². The Bertz CT molecular complexity index is 595. The SMILES string of the molecule is O=C(Nc1cc(C(F)(F)F)ccc1N1CCOCC1)[C@@H]1CCCO1. The summed E-state index contributed by atoms with van der Waals surface area (Å²) in [6, 6.07) is 3.42. The van der Waals surface area contributed by atoms with Gasteiger partial charge in [-0.3, -0.25) is 4.79 Å². The molecule has 1 amide bonds. The minimum Gasteiger partial charge on any atom is -0.378 e. The molecule has 1 aromatic rings. The molecule has 0 aliphatic carbocycles. The fourth-order valence-electron chi connectivity index (χ4n) is 2.89. The van der Waals surface area contributed by atoms with E-state index in [1.165, 1.54) is 6.07 Å². The Labute approximate surface area is 137 Å². The average Bonchev–Trinajstić information content (AvgIpc) is 3.09. The van der Waals surface area contributed by atoms with Gasteiger partial charge in [0.15, 0.2) is 0 Å². The van der Waals surface area contributed by atoms with E-state index in [0.717, 1.165) is 18.6 Å². The van der Waals surface area contributed by atoms with Gasteiger partial charge in [-0.1, -0.05) is 0 Å². The van der Waals surface area contributed by atoms with Crippen molar-refractivity contribution in [3.8, 4) is 0 Å². The highest BCUT2D eigenvalue weighted by Crippen LogP contribution is 2.36. The van der Waals surface area contributed by atoms with Crippen molar-refractivity contribution in [2.24, 2.45) is 0 Å². The second-order valence-corrected chi connectivity index (χ2v) is 5.82. The highest BCUT2D eigenvalue weighted by atomic mass is 19.4. The lowest BCUT2D eigenvalue weighted by molar-refractivity contribution is -0.137. The summed E-state index contributed by atoms with van der Waals surface area (Å²) in [4.78, 5) is 14.2. The molecule has 2 heterocycles. The van der Waals surface area contributed by atoms with Crippen LogP contribution < -0.4 is 10.2 Å². The fraction of sp³-hybridized carbons (Fsp3) is 0.562. The van der Waals surface area contributed by atoms with E-state index >= 15 is 0 Å². The molecule has 2 aliphatic rings. The summed E-state index contributed by atoms with van der Waals surface area (Å²) in [5.74, 6) is -0.402. The molecule has 0 aromatic heterocycles. The van der Waals surface area contributed by atoms with Crippen LogP contribution in [0.3, 0.4) is 0 Å². The number of benzene rings is 1. The van der Waals surface area contributed by atoms with Crippen molar-refractivity contribution in [3.05, 3.63) is 23.8 Å². The topological polar surface area (TPSA) is 50.8 Å². The van der Waals surface area contributed by atoms with E-state index in [2.05, 4.69) is 5.32 Å². The van der Waals surface area contributed by atoms with Gasteiger partial charge in [0.05, 0.1) is 30.2 Å². The summed E-state index contributed by atoms with van der Waals surface area (Å²) in [5, 5.41) is 2.62.